The number of aromatic nitrogens is 1. The molecule has 5 heteroatoms. The smallest absolute Gasteiger partial charge is 0.325 e. The van der Waals surface area contributed by atoms with Gasteiger partial charge in [0.15, 0.2) is 0 Å². The minimum absolute atomic E-state index is 0.240. The van der Waals surface area contributed by atoms with Gasteiger partial charge in [-0.2, -0.15) is 0 Å². The Balaban J connectivity index is 2.95. The minimum Gasteiger partial charge on any atom is -0.480 e. The molecule has 12 heavy (non-hydrogen) atoms. The first-order valence-electron chi connectivity index (χ1n) is 3.21. The Labute approximate surface area is 74.0 Å². The lowest BCUT2D eigenvalue weighted by atomic mass is 10.1. The predicted molar refractivity (Wildman–Crippen MR) is 43.8 cm³/mol. The highest BCUT2D eigenvalue weighted by molar-refractivity contribution is 6.29. The van der Waals surface area contributed by atoms with E-state index in [2.05, 4.69) is 4.98 Å². The Bertz CT molecular complexity index is 303. The maximum Gasteiger partial charge on any atom is 0.325 e. The Morgan fingerprint density at radius 3 is 2.92 bits per heavy atom. The molecular formula is C7H7ClN2O2. The van der Waals surface area contributed by atoms with Crippen molar-refractivity contribution in [1.29, 1.82) is 0 Å². The number of hydrogen-bond acceptors (Lipinski definition) is 3. The lowest BCUT2D eigenvalue weighted by Crippen LogP contribution is -2.20. The second-order valence-corrected chi connectivity index (χ2v) is 2.62. The van der Waals surface area contributed by atoms with Gasteiger partial charge in [-0.25, -0.2) is 4.98 Å². The number of pyridine rings is 1. The molecular weight excluding hydrogens is 180 g/mol. The van der Waals surface area contributed by atoms with Crippen molar-refractivity contribution in [3.63, 3.8) is 0 Å². The highest BCUT2D eigenvalue weighted by Crippen LogP contribution is 2.13. The summed E-state index contributed by atoms with van der Waals surface area (Å²) in [6.45, 7) is 0. The van der Waals surface area contributed by atoms with Crippen molar-refractivity contribution in [2.75, 3.05) is 0 Å². The first-order chi connectivity index (χ1) is 5.61. The molecule has 1 aromatic heterocycles. The normalized spacial score (nSPS) is 12.5. The summed E-state index contributed by atoms with van der Waals surface area (Å²) >= 11 is 5.53. The minimum atomic E-state index is -1.09. The summed E-state index contributed by atoms with van der Waals surface area (Å²) in [5, 5.41) is 8.78. The number of carbonyl (C=O) groups is 1. The molecule has 1 unspecified atom stereocenters. The average Bonchev–Trinajstić information content (AvgIpc) is 2.03. The van der Waals surface area contributed by atoms with Gasteiger partial charge in [-0.1, -0.05) is 11.6 Å². The molecule has 1 aromatic rings. The molecule has 0 bridgehead atoms. The molecule has 0 radical (unpaired) electrons. The molecule has 64 valence electrons. The molecule has 3 N–H and O–H groups in total. The van der Waals surface area contributed by atoms with Gasteiger partial charge in [0, 0.05) is 6.20 Å². The lowest BCUT2D eigenvalue weighted by molar-refractivity contribution is -0.138. The molecule has 0 aliphatic heterocycles. The molecule has 0 fully saturated rings. The molecule has 1 atom stereocenters. The van der Waals surface area contributed by atoms with Crippen LogP contribution in [0, 0.1) is 0 Å². The molecule has 0 aliphatic carbocycles. The number of carboxylic acid groups (broad SMARTS) is 1. The monoisotopic (exact) mass is 186 g/mol. The zero-order chi connectivity index (χ0) is 9.14. The van der Waals surface area contributed by atoms with Gasteiger partial charge in [0.25, 0.3) is 0 Å². The van der Waals surface area contributed by atoms with Crippen LogP contribution in [0.2, 0.25) is 5.15 Å². The van der Waals surface area contributed by atoms with Crippen LogP contribution in [0.5, 0.6) is 0 Å². The van der Waals surface area contributed by atoms with Crippen LogP contribution in [-0.2, 0) is 4.79 Å². The molecule has 1 rings (SSSR count). The van der Waals surface area contributed by atoms with Crippen molar-refractivity contribution < 1.29 is 9.90 Å². The highest BCUT2D eigenvalue weighted by Gasteiger charge is 2.13. The van der Waals surface area contributed by atoms with Crippen LogP contribution in [-0.4, -0.2) is 16.1 Å². The maximum atomic E-state index is 10.4. The number of hydrogen-bond donors (Lipinski definition) is 2. The molecule has 4 nitrogen and oxygen atoms in total. The van der Waals surface area contributed by atoms with Crippen LogP contribution in [0.3, 0.4) is 0 Å². The van der Waals surface area contributed by atoms with E-state index < -0.39 is 12.0 Å². The number of aliphatic carboxylic acids is 1. The molecule has 0 amide bonds. The van der Waals surface area contributed by atoms with E-state index >= 15 is 0 Å². The summed E-state index contributed by atoms with van der Waals surface area (Å²) in [5.41, 5.74) is 5.77. The summed E-state index contributed by atoms with van der Waals surface area (Å²) in [6, 6.07) is 1.91. The quantitative estimate of drug-likeness (QED) is 0.671. The third kappa shape index (κ3) is 1.93. The fourth-order valence-electron chi connectivity index (χ4n) is 0.753. The summed E-state index contributed by atoms with van der Waals surface area (Å²) in [7, 11) is 0. The third-order valence-corrected chi connectivity index (χ3v) is 1.58. The first-order valence-corrected chi connectivity index (χ1v) is 3.59. The zero-order valence-corrected chi connectivity index (χ0v) is 6.82. The zero-order valence-electron chi connectivity index (χ0n) is 6.07. The predicted octanol–water partition coefficient (Wildman–Crippen LogP) is 0.819. The van der Waals surface area contributed by atoms with Crippen molar-refractivity contribution in [2.24, 2.45) is 5.73 Å². The van der Waals surface area contributed by atoms with E-state index in [9.17, 15) is 4.79 Å². The largest absolute Gasteiger partial charge is 0.480 e. The van der Waals surface area contributed by atoms with E-state index in [-0.39, 0.29) is 5.15 Å². The van der Waals surface area contributed by atoms with Gasteiger partial charge in [-0.15, -0.1) is 0 Å². The molecule has 0 aliphatic rings. The molecule has 0 spiro atoms. The summed E-state index contributed by atoms with van der Waals surface area (Å²) in [4.78, 5) is 14.1. The SMILES string of the molecule is NC(C(=O)O)c1ccnc(Cl)c1. The second-order valence-electron chi connectivity index (χ2n) is 2.23. The summed E-state index contributed by atoms with van der Waals surface area (Å²) in [6.07, 6.45) is 1.42. The van der Waals surface area contributed by atoms with Gasteiger partial charge >= 0.3 is 5.97 Å². The average molecular weight is 187 g/mol. The maximum absolute atomic E-state index is 10.4. The summed E-state index contributed by atoms with van der Waals surface area (Å²) in [5.74, 6) is -1.09. The number of nitrogens with two attached hydrogens (primary N) is 1. The van der Waals surface area contributed by atoms with Crippen LogP contribution < -0.4 is 5.73 Å². The fourth-order valence-corrected chi connectivity index (χ4v) is 0.936. The van der Waals surface area contributed by atoms with E-state index in [0.717, 1.165) is 0 Å². The van der Waals surface area contributed by atoms with Crippen molar-refractivity contribution in [3.05, 3.63) is 29.0 Å². The lowest BCUT2D eigenvalue weighted by Gasteiger charge is -2.05. The van der Waals surface area contributed by atoms with E-state index in [4.69, 9.17) is 22.4 Å². The Hall–Kier alpha value is -1.13. The van der Waals surface area contributed by atoms with Crippen LogP contribution in [0.4, 0.5) is 0 Å². The number of halogens is 1. The van der Waals surface area contributed by atoms with E-state index in [1.54, 1.807) is 0 Å². The van der Waals surface area contributed by atoms with Crippen LogP contribution in [0.25, 0.3) is 0 Å². The number of carboxylic acids is 1. The van der Waals surface area contributed by atoms with E-state index in [1.165, 1.54) is 18.3 Å². The van der Waals surface area contributed by atoms with E-state index in [0.29, 0.717) is 5.56 Å². The van der Waals surface area contributed by atoms with Gasteiger partial charge in [-0.3, -0.25) is 4.79 Å². The van der Waals surface area contributed by atoms with Gasteiger partial charge in [-0.05, 0) is 17.7 Å². The van der Waals surface area contributed by atoms with Gasteiger partial charge < -0.3 is 10.8 Å². The second kappa shape index (κ2) is 3.51. The van der Waals surface area contributed by atoms with Gasteiger partial charge in [0.1, 0.15) is 11.2 Å². The topological polar surface area (TPSA) is 76.2 Å². The Morgan fingerprint density at radius 2 is 2.42 bits per heavy atom. The highest BCUT2D eigenvalue weighted by atomic mass is 35.5. The molecule has 0 saturated heterocycles. The summed E-state index contributed by atoms with van der Waals surface area (Å²) < 4.78 is 0. The number of rotatable bonds is 2. The molecule has 0 saturated carbocycles. The van der Waals surface area contributed by atoms with Crippen molar-refractivity contribution in [1.82, 2.24) is 4.98 Å². The Morgan fingerprint density at radius 1 is 1.75 bits per heavy atom. The van der Waals surface area contributed by atoms with Gasteiger partial charge in [0.05, 0.1) is 0 Å². The molecule has 1 heterocycles. The van der Waals surface area contributed by atoms with Gasteiger partial charge in [0.2, 0.25) is 0 Å². The Kier molecular flexibility index (Phi) is 2.62. The van der Waals surface area contributed by atoms with Crippen LogP contribution in [0.1, 0.15) is 11.6 Å². The van der Waals surface area contributed by atoms with Crippen molar-refractivity contribution in [3.8, 4) is 0 Å². The van der Waals surface area contributed by atoms with Crippen molar-refractivity contribution in [2.45, 2.75) is 6.04 Å². The third-order valence-electron chi connectivity index (χ3n) is 1.38. The standard InChI is InChI=1S/C7H7ClN2O2/c8-5-3-4(1-2-10-5)6(9)7(11)12/h1-3,6H,9H2,(H,11,12). The molecule has 0 aromatic carbocycles. The fraction of sp³-hybridized carbons (Fsp3) is 0.143. The first kappa shape index (κ1) is 8.96. The van der Waals surface area contributed by atoms with Crippen LogP contribution >= 0.6 is 11.6 Å². The number of nitrogens with zero attached hydrogens (tertiary/aromatic N) is 1. The van der Waals surface area contributed by atoms with E-state index in [1.807, 2.05) is 0 Å². The van der Waals surface area contributed by atoms with Crippen LogP contribution in [0.15, 0.2) is 18.3 Å². The van der Waals surface area contributed by atoms with Crippen molar-refractivity contribution >= 4 is 17.6 Å².